The maximum Gasteiger partial charge on any atom is 0.410 e. The molecule has 11 heteroatoms. The maximum absolute atomic E-state index is 12.8. The predicted molar refractivity (Wildman–Crippen MR) is 164 cm³/mol. The highest BCUT2D eigenvalue weighted by Gasteiger charge is 2.33. The molecule has 1 atom stereocenters. The fraction of sp³-hybridized carbons (Fsp3) is 0.424. The Morgan fingerprint density at radius 2 is 1.64 bits per heavy atom. The second-order valence-corrected chi connectivity index (χ2v) is 13.1. The van der Waals surface area contributed by atoms with Crippen molar-refractivity contribution in [2.24, 2.45) is 5.92 Å². The number of nitrogens with one attached hydrogen (secondary N) is 1. The fourth-order valence-electron chi connectivity index (χ4n) is 5.79. The van der Waals surface area contributed by atoms with Crippen molar-refractivity contribution < 1.29 is 32.2 Å². The third-order valence-electron chi connectivity index (χ3n) is 8.42. The van der Waals surface area contributed by atoms with Crippen LogP contribution in [0.4, 0.5) is 4.79 Å². The van der Waals surface area contributed by atoms with Gasteiger partial charge in [-0.25, -0.2) is 17.9 Å². The molecule has 3 aliphatic rings. The molecule has 44 heavy (non-hydrogen) atoms. The summed E-state index contributed by atoms with van der Waals surface area (Å²) in [5.41, 5.74) is 3.78. The van der Waals surface area contributed by atoms with E-state index >= 15 is 0 Å². The molecular weight excluding hydrogens is 582 g/mol. The van der Waals surface area contributed by atoms with Gasteiger partial charge in [0.1, 0.15) is 12.4 Å². The predicted octanol–water partition coefficient (Wildman–Crippen LogP) is 4.25. The highest BCUT2D eigenvalue weighted by Crippen LogP contribution is 2.35. The standard InChI is InChI=1S/C33H39N3O7S/c37-33(42-23-25-4-2-1-3-5-25)36-15-12-27(13-16-36)32-41-24-29-22-28(8-11-31(29)43-32)26-6-9-30(10-7-26)44(38,39)34-14-17-35-18-20-40-21-19-35/h1-11,22,27,32,34H,12-21,23-24H2. The van der Waals surface area contributed by atoms with Crippen molar-refractivity contribution >= 4 is 16.1 Å². The van der Waals surface area contributed by atoms with Gasteiger partial charge in [0, 0.05) is 50.7 Å². The molecule has 2 fully saturated rings. The molecule has 0 bridgehead atoms. The van der Waals surface area contributed by atoms with Crippen LogP contribution in [0.2, 0.25) is 0 Å². The minimum Gasteiger partial charge on any atom is -0.464 e. The number of benzene rings is 3. The van der Waals surface area contributed by atoms with Crippen molar-refractivity contribution in [1.82, 2.24) is 14.5 Å². The number of morpholine rings is 1. The van der Waals surface area contributed by atoms with Gasteiger partial charge in [-0.05, 0) is 53.8 Å². The number of ether oxygens (including phenoxy) is 4. The molecule has 1 amide bonds. The van der Waals surface area contributed by atoms with Crippen molar-refractivity contribution in [3.8, 4) is 16.9 Å². The van der Waals surface area contributed by atoms with E-state index in [9.17, 15) is 13.2 Å². The average Bonchev–Trinajstić information content (AvgIpc) is 3.08. The zero-order chi connectivity index (χ0) is 30.4. The summed E-state index contributed by atoms with van der Waals surface area (Å²) < 4.78 is 51.5. The van der Waals surface area contributed by atoms with Crippen LogP contribution in [0.3, 0.4) is 0 Å². The van der Waals surface area contributed by atoms with Crippen LogP contribution in [0, 0.1) is 5.92 Å². The molecule has 0 radical (unpaired) electrons. The average molecular weight is 622 g/mol. The quantitative estimate of drug-likeness (QED) is 0.378. The molecule has 1 unspecified atom stereocenters. The Morgan fingerprint density at radius 1 is 0.909 bits per heavy atom. The molecule has 10 nitrogen and oxygen atoms in total. The van der Waals surface area contributed by atoms with Crippen molar-refractivity contribution in [2.45, 2.75) is 37.2 Å². The molecule has 0 aliphatic carbocycles. The Morgan fingerprint density at radius 3 is 2.39 bits per heavy atom. The number of piperidine rings is 1. The SMILES string of the molecule is O=C(OCc1ccccc1)N1CCC(C2OCc3cc(-c4ccc(S(=O)(=O)NCCN5CCOCC5)cc4)ccc3O2)CC1. The molecule has 0 aromatic heterocycles. The van der Waals surface area contributed by atoms with E-state index in [1.807, 2.05) is 60.7 Å². The van der Waals surface area contributed by atoms with Crippen molar-refractivity contribution in [2.75, 3.05) is 52.5 Å². The van der Waals surface area contributed by atoms with Crippen molar-refractivity contribution in [3.63, 3.8) is 0 Å². The van der Waals surface area contributed by atoms with Crippen LogP contribution in [0.25, 0.3) is 11.1 Å². The Kier molecular flexibility index (Phi) is 9.78. The Labute approximate surface area is 258 Å². The van der Waals surface area contributed by atoms with Gasteiger partial charge < -0.3 is 23.8 Å². The highest BCUT2D eigenvalue weighted by molar-refractivity contribution is 7.89. The summed E-state index contributed by atoms with van der Waals surface area (Å²) in [5.74, 6) is 0.969. The highest BCUT2D eigenvalue weighted by atomic mass is 32.2. The molecule has 6 rings (SSSR count). The summed E-state index contributed by atoms with van der Waals surface area (Å²) in [6.07, 6.45) is 0.892. The molecule has 1 N–H and O–H groups in total. The lowest BCUT2D eigenvalue weighted by Crippen LogP contribution is -2.44. The van der Waals surface area contributed by atoms with Gasteiger partial charge in [0.15, 0.2) is 0 Å². The molecule has 3 aromatic carbocycles. The van der Waals surface area contributed by atoms with E-state index in [-0.39, 0.29) is 29.8 Å². The first-order valence-corrected chi connectivity index (χ1v) is 16.7. The number of carbonyl (C=O) groups excluding carboxylic acids is 1. The number of hydrogen-bond donors (Lipinski definition) is 1. The largest absolute Gasteiger partial charge is 0.464 e. The number of amides is 1. The smallest absolute Gasteiger partial charge is 0.410 e. The summed E-state index contributed by atoms with van der Waals surface area (Å²) in [6.45, 7) is 5.92. The van der Waals surface area contributed by atoms with Crippen LogP contribution in [0.15, 0.2) is 77.7 Å². The zero-order valence-corrected chi connectivity index (χ0v) is 25.5. The molecule has 3 aliphatic heterocycles. The lowest BCUT2D eigenvalue weighted by molar-refractivity contribution is -0.148. The minimum absolute atomic E-state index is 0.179. The Bertz CT molecular complexity index is 1500. The van der Waals surface area contributed by atoms with Gasteiger partial charge in [0.25, 0.3) is 0 Å². The number of likely N-dealkylation sites (tertiary alicyclic amines) is 1. The zero-order valence-electron chi connectivity index (χ0n) is 24.7. The van der Waals surface area contributed by atoms with E-state index in [0.717, 1.165) is 53.9 Å². The molecule has 0 saturated carbocycles. The van der Waals surface area contributed by atoms with E-state index in [0.29, 0.717) is 46.0 Å². The van der Waals surface area contributed by atoms with E-state index in [2.05, 4.69) is 9.62 Å². The normalized spacial score (nSPS) is 19.6. The molecule has 2 saturated heterocycles. The Hall–Kier alpha value is -3.48. The first-order valence-electron chi connectivity index (χ1n) is 15.2. The summed E-state index contributed by atoms with van der Waals surface area (Å²) >= 11 is 0. The van der Waals surface area contributed by atoms with Gasteiger partial charge in [-0.15, -0.1) is 0 Å². The number of hydrogen-bond acceptors (Lipinski definition) is 8. The number of nitrogens with zero attached hydrogens (tertiary/aromatic N) is 2. The Balaban J connectivity index is 0.987. The summed E-state index contributed by atoms with van der Waals surface area (Å²) in [6, 6.07) is 22.6. The van der Waals surface area contributed by atoms with Gasteiger partial charge in [0.2, 0.25) is 16.3 Å². The molecule has 234 valence electrons. The van der Waals surface area contributed by atoms with Gasteiger partial charge in [-0.1, -0.05) is 48.5 Å². The van der Waals surface area contributed by atoms with Crippen LogP contribution in [0.5, 0.6) is 5.75 Å². The maximum atomic E-state index is 12.8. The second kappa shape index (κ2) is 14.1. The lowest BCUT2D eigenvalue weighted by atomic mass is 9.95. The number of sulfonamides is 1. The van der Waals surface area contributed by atoms with E-state index in [1.165, 1.54) is 0 Å². The first kappa shape index (κ1) is 30.5. The monoisotopic (exact) mass is 621 g/mol. The van der Waals surface area contributed by atoms with Crippen LogP contribution >= 0.6 is 0 Å². The first-order chi connectivity index (χ1) is 21.4. The van der Waals surface area contributed by atoms with Gasteiger partial charge in [0.05, 0.1) is 24.7 Å². The van der Waals surface area contributed by atoms with E-state index < -0.39 is 10.0 Å². The van der Waals surface area contributed by atoms with Crippen molar-refractivity contribution in [3.05, 3.63) is 83.9 Å². The third-order valence-corrected chi connectivity index (χ3v) is 9.89. The number of rotatable bonds is 9. The molecular formula is C33H39N3O7S. The number of carbonyl (C=O) groups is 1. The molecule has 0 spiro atoms. The lowest BCUT2D eigenvalue weighted by Gasteiger charge is -2.37. The van der Waals surface area contributed by atoms with Crippen molar-refractivity contribution in [1.29, 1.82) is 0 Å². The summed E-state index contributed by atoms with van der Waals surface area (Å²) in [7, 11) is -3.59. The van der Waals surface area contributed by atoms with Crippen LogP contribution in [-0.2, 0) is 37.4 Å². The molecule has 3 aromatic rings. The number of fused-ring (bicyclic) bond motifs is 1. The summed E-state index contributed by atoms with van der Waals surface area (Å²) in [5, 5.41) is 0. The van der Waals surface area contributed by atoms with Gasteiger partial charge >= 0.3 is 6.09 Å². The third kappa shape index (κ3) is 7.59. The molecule has 3 heterocycles. The van der Waals surface area contributed by atoms with Crippen LogP contribution < -0.4 is 9.46 Å². The minimum atomic E-state index is -3.59. The van der Waals surface area contributed by atoms with Crippen LogP contribution in [0.1, 0.15) is 24.0 Å². The van der Waals surface area contributed by atoms with Gasteiger partial charge in [-0.3, -0.25) is 4.90 Å². The van der Waals surface area contributed by atoms with Crippen LogP contribution in [-0.4, -0.2) is 83.1 Å². The topological polar surface area (TPSA) is 107 Å². The fourth-order valence-corrected chi connectivity index (χ4v) is 6.81. The summed E-state index contributed by atoms with van der Waals surface area (Å²) in [4.78, 5) is 16.7. The van der Waals surface area contributed by atoms with Gasteiger partial charge in [-0.2, -0.15) is 0 Å². The second-order valence-electron chi connectivity index (χ2n) is 11.4. The van der Waals surface area contributed by atoms with E-state index in [4.69, 9.17) is 18.9 Å². The van der Waals surface area contributed by atoms with E-state index in [1.54, 1.807) is 17.0 Å².